The molecule has 1 saturated heterocycles. The second-order valence-electron chi connectivity index (χ2n) is 4.56. The number of benzene rings is 1. The lowest BCUT2D eigenvalue weighted by Gasteiger charge is -2.12. The summed E-state index contributed by atoms with van der Waals surface area (Å²) in [5.41, 5.74) is 0.990. The maximum Gasteiger partial charge on any atom is 0.237 e. The summed E-state index contributed by atoms with van der Waals surface area (Å²) in [6.45, 7) is 1.42. The van der Waals surface area contributed by atoms with E-state index in [1.807, 2.05) is 18.2 Å². The maximum atomic E-state index is 11.9. The van der Waals surface area contributed by atoms with Crippen molar-refractivity contribution in [3.05, 3.63) is 23.8 Å². The van der Waals surface area contributed by atoms with Crippen LogP contribution in [-0.2, 0) is 11.3 Å². The summed E-state index contributed by atoms with van der Waals surface area (Å²) in [5, 5.41) is 6.11. The fraction of sp³-hybridized carbons (Fsp3) is 0.500. The fourth-order valence-corrected chi connectivity index (χ4v) is 2.21. The molecule has 1 fully saturated rings. The van der Waals surface area contributed by atoms with Crippen LogP contribution in [0.15, 0.2) is 18.2 Å². The van der Waals surface area contributed by atoms with Crippen LogP contribution in [-0.4, -0.2) is 32.7 Å². The monoisotopic (exact) mass is 300 g/mol. The van der Waals surface area contributed by atoms with Crippen LogP contribution in [0.3, 0.4) is 0 Å². The lowest BCUT2D eigenvalue weighted by molar-refractivity contribution is -0.122. The van der Waals surface area contributed by atoms with Crippen LogP contribution in [0.1, 0.15) is 18.4 Å². The Morgan fingerprint density at radius 2 is 2.10 bits per heavy atom. The van der Waals surface area contributed by atoms with E-state index < -0.39 is 0 Å². The Hall–Kier alpha value is -1.46. The average molecular weight is 301 g/mol. The first-order valence-electron chi connectivity index (χ1n) is 6.46. The first-order chi connectivity index (χ1) is 9.24. The number of rotatable bonds is 5. The minimum Gasteiger partial charge on any atom is -0.493 e. The summed E-state index contributed by atoms with van der Waals surface area (Å²) in [6, 6.07) is 5.60. The summed E-state index contributed by atoms with van der Waals surface area (Å²) in [7, 11) is 3.20. The van der Waals surface area contributed by atoms with Gasteiger partial charge >= 0.3 is 0 Å². The van der Waals surface area contributed by atoms with Crippen molar-refractivity contribution in [2.75, 3.05) is 20.8 Å². The van der Waals surface area contributed by atoms with Crippen LogP contribution in [0.5, 0.6) is 11.5 Å². The minimum absolute atomic E-state index is 0. The third-order valence-corrected chi connectivity index (χ3v) is 3.29. The highest BCUT2D eigenvalue weighted by molar-refractivity contribution is 5.85. The Bertz CT molecular complexity index is 448. The third-order valence-electron chi connectivity index (χ3n) is 3.29. The van der Waals surface area contributed by atoms with Gasteiger partial charge in [-0.15, -0.1) is 12.4 Å². The van der Waals surface area contributed by atoms with Gasteiger partial charge in [0.05, 0.1) is 20.3 Å². The van der Waals surface area contributed by atoms with Gasteiger partial charge in [0.15, 0.2) is 11.5 Å². The summed E-state index contributed by atoms with van der Waals surface area (Å²) < 4.78 is 10.4. The Labute approximate surface area is 125 Å². The Morgan fingerprint density at radius 1 is 1.35 bits per heavy atom. The highest BCUT2D eigenvalue weighted by Crippen LogP contribution is 2.27. The van der Waals surface area contributed by atoms with E-state index in [1.54, 1.807) is 14.2 Å². The zero-order chi connectivity index (χ0) is 13.7. The topological polar surface area (TPSA) is 59.6 Å². The number of amides is 1. The van der Waals surface area contributed by atoms with Gasteiger partial charge in [-0.2, -0.15) is 0 Å². The van der Waals surface area contributed by atoms with Crippen LogP contribution in [0.2, 0.25) is 0 Å². The Balaban J connectivity index is 0.00000200. The molecule has 2 rings (SSSR count). The molecule has 1 aliphatic heterocycles. The van der Waals surface area contributed by atoms with Crippen molar-refractivity contribution in [3.8, 4) is 11.5 Å². The van der Waals surface area contributed by atoms with E-state index in [-0.39, 0.29) is 24.4 Å². The first-order valence-corrected chi connectivity index (χ1v) is 6.46. The van der Waals surface area contributed by atoms with Crippen LogP contribution in [0, 0.1) is 0 Å². The number of carbonyl (C=O) groups is 1. The van der Waals surface area contributed by atoms with Crippen molar-refractivity contribution in [2.24, 2.45) is 0 Å². The second kappa shape index (κ2) is 7.97. The normalized spacial score (nSPS) is 17.2. The molecule has 1 atom stereocenters. The number of carbonyl (C=O) groups excluding carboxylic acids is 1. The molecule has 1 aromatic carbocycles. The Morgan fingerprint density at radius 3 is 2.70 bits per heavy atom. The van der Waals surface area contributed by atoms with Gasteiger partial charge in [-0.3, -0.25) is 4.79 Å². The molecule has 1 aliphatic rings. The van der Waals surface area contributed by atoms with Crippen molar-refractivity contribution >= 4 is 18.3 Å². The van der Waals surface area contributed by atoms with E-state index in [0.29, 0.717) is 18.0 Å². The van der Waals surface area contributed by atoms with E-state index in [2.05, 4.69) is 10.6 Å². The largest absolute Gasteiger partial charge is 0.493 e. The molecule has 1 amide bonds. The van der Waals surface area contributed by atoms with Crippen LogP contribution < -0.4 is 20.1 Å². The van der Waals surface area contributed by atoms with Gasteiger partial charge in [-0.25, -0.2) is 0 Å². The summed E-state index contributed by atoms with van der Waals surface area (Å²) in [6.07, 6.45) is 1.98. The Kier molecular flexibility index (Phi) is 6.61. The number of methoxy groups -OCH3 is 2. The highest BCUT2D eigenvalue weighted by atomic mass is 35.5. The van der Waals surface area contributed by atoms with Gasteiger partial charge in [0, 0.05) is 6.54 Å². The zero-order valence-electron chi connectivity index (χ0n) is 11.8. The smallest absolute Gasteiger partial charge is 0.237 e. The number of hydrogen-bond donors (Lipinski definition) is 2. The molecule has 0 radical (unpaired) electrons. The molecule has 0 aliphatic carbocycles. The average Bonchev–Trinajstić information content (AvgIpc) is 2.98. The molecule has 0 spiro atoms. The lowest BCUT2D eigenvalue weighted by Crippen LogP contribution is -2.39. The molecule has 0 bridgehead atoms. The van der Waals surface area contributed by atoms with Gasteiger partial charge in [-0.1, -0.05) is 6.07 Å². The first kappa shape index (κ1) is 16.6. The van der Waals surface area contributed by atoms with Crippen molar-refractivity contribution in [2.45, 2.75) is 25.4 Å². The summed E-state index contributed by atoms with van der Waals surface area (Å²) in [5.74, 6) is 1.43. The molecule has 112 valence electrons. The molecule has 1 aromatic rings. The number of halogens is 1. The predicted octanol–water partition coefficient (Wildman–Crippen LogP) is 1.49. The number of nitrogens with one attached hydrogen (secondary N) is 2. The van der Waals surface area contributed by atoms with Crippen molar-refractivity contribution < 1.29 is 14.3 Å². The maximum absolute atomic E-state index is 11.9. The molecule has 2 N–H and O–H groups in total. The van der Waals surface area contributed by atoms with E-state index in [1.165, 1.54) is 0 Å². The zero-order valence-corrected chi connectivity index (χ0v) is 12.6. The SMILES string of the molecule is COc1ccc(CNC(=O)C2CCCN2)cc1OC.Cl. The molecule has 1 heterocycles. The number of hydrogen-bond acceptors (Lipinski definition) is 4. The molecule has 6 heteroatoms. The molecule has 5 nitrogen and oxygen atoms in total. The molecular formula is C14H21ClN2O3. The standard InChI is InChI=1S/C14H20N2O3.ClH/c1-18-12-6-5-10(8-13(12)19-2)9-16-14(17)11-4-3-7-15-11;/h5-6,8,11,15H,3-4,7,9H2,1-2H3,(H,16,17);1H. The van der Waals surface area contributed by atoms with E-state index in [0.717, 1.165) is 24.9 Å². The van der Waals surface area contributed by atoms with Crippen LogP contribution in [0.25, 0.3) is 0 Å². The number of ether oxygens (including phenoxy) is 2. The lowest BCUT2D eigenvalue weighted by atomic mass is 10.2. The molecule has 0 aromatic heterocycles. The van der Waals surface area contributed by atoms with Crippen LogP contribution >= 0.6 is 12.4 Å². The fourth-order valence-electron chi connectivity index (χ4n) is 2.21. The van der Waals surface area contributed by atoms with Gasteiger partial charge in [0.25, 0.3) is 0 Å². The van der Waals surface area contributed by atoms with Crippen LogP contribution in [0.4, 0.5) is 0 Å². The van der Waals surface area contributed by atoms with Gasteiger partial charge in [-0.05, 0) is 37.1 Å². The van der Waals surface area contributed by atoms with Gasteiger partial charge in [0.1, 0.15) is 0 Å². The van der Waals surface area contributed by atoms with Crippen molar-refractivity contribution in [3.63, 3.8) is 0 Å². The predicted molar refractivity (Wildman–Crippen MR) is 79.7 cm³/mol. The second-order valence-corrected chi connectivity index (χ2v) is 4.56. The van der Waals surface area contributed by atoms with Crippen molar-refractivity contribution in [1.29, 1.82) is 0 Å². The quantitative estimate of drug-likeness (QED) is 0.865. The summed E-state index contributed by atoms with van der Waals surface area (Å²) >= 11 is 0. The van der Waals surface area contributed by atoms with Gasteiger partial charge < -0.3 is 20.1 Å². The molecule has 1 unspecified atom stereocenters. The van der Waals surface area contributed by atoms with E-state index >= 15 is 0 Å². The van der Waals surface area contributed by atoms with E-state index in [9.17, 15) is 4.79 Å². The molecular weight excluding hydrogens is 280 g/mol. The highest BCUT2D eigenvalue weighted by Gasteiger charge is 2.21. The van der Waals surface area contributed by atoms with E-state index in [4.69, 9.17) is 9.47 Å². The molecule has 20 heavy (non-hydrogen) atoms. The van der Waals surface area contributed by atoms with Gasteiger partial charge in [0.2, 0.25) is 5.91 Å². The minimum atomic E-state index is -0.0415. The summed E-state index contributed by atoms with van der Waals surface area (Å²) in [4.78, 5) is 11.9. The van der Waals surface area contributed by atoms with Crippen molar-refractivity contribution in [1.82, 2.24) is 10.6 Å². The third kappa shape index (κ3) is 4.02. The molecule has 0 saturated carbocycles.